The number of aromatic nitrogens is 2. The molecule has 2 heterocycles. The van der Waals surface area contributed by atoms with E-state index in [1.165, 1.54) is 10.6 Å². The minimum atomic E-state index is -0.511. The van der Waals surface area contributed by atoms with Crippen LogP contribution in [0.1, 0.15) is 21.5 Å². The quantitative estimate of drug-likeness (QED) is 0.786. The van der Waals surface area contributed by atoms with E-state index >= 15 is 0 Å². The summed E-state index contributed by atoms with van der Waals surface area (Å²) in [5, 5.41) is 3.26. The maximum Gasteiger partial charge on any atom is 0.270 e. The molecule has 23 heavy (non-hydrogen) atoms. The second kappa shape index (κ2) is 5.85. The van der Waals surface area contributed by atoms with Gasteiger partial charge in [0.15, 0.2) is 0 Å². The Bertz CT molecular complexity index is 979. The maximum absolute atomic E-state index is 12.5. The van der Waals surface area contributed by atoms with E-state index in [-0.39, 0.29) is 5.56 Å². The molecule has 1 amide bonds. The third-order valence-electron chi connectivity index (χ3n) is 3.63. The van der Waals surface area contributed by atoms with Crippen molar-refractivity contribution in [3.8, 4) is 0 Å². The molecular formula is C17H14ClN3O2. The fraction of sp³-hybridized carbons (Fsp3) is 0.118. The van der Waals surface area contributed by atoms with E-state index in [1.807, 2.05) is 6.92 Å². The van der Waals surface area contributed by atoms with Crippen molar-refractivity contribution in [3.05, 3.63) is 74.8 Å². The molecule has 0 saturated carbocycles. The number of halogens is 1. The van der Waals surface area contributed by atoms with Crippen LogP contribution < -0.4 is 10.9 Å². The summed E-state index contributed by atoms with van der Waals surface area (Å²) in [6.07, 6.45) is 2.91. The van der Waals surface area contributed by atoms with Crippen LogP contribution in [0.4, 0.5) is 5.69 Å². The first kappa shape index (κ1) is 15.2. The highest BCUT2D eigenvalue weighted by molar-refractivity contribution is 6.31. The molecule has 0 spiro atoms. The number of benzene rings is 1. The molecule has 0 aliphatic heterocycles. The number of rotatable bonds is 2. The van der Waals surface area contributed by atoms with Crippen LogP contribution in [-0.2, 0) is 0 Å². The van der Waals surface area contributed by atoms with E-state index in [9.17, 15) is 9.59 Å². The average molecular weight is 328 g/mol. The largest absolute Gasteiger partial charge is 0.321 e. The summed E-state index contributed by atoms with van der Waals surface area (Å²) in [4.78, 5) is 29.0. The molecule has 1 N–H and O–H groups in total. The van der Waals surface area contributed by atoms with Crippen molar-refractivity contribution in [2.45, 2.75) is 13.8 Å². The van der Waals surface area contributed by atoms with Crippen molar-refractivity contribution >= 4 is 28.8 Å². The molecule has 0 atom stereocenters. The van der Waals surface area contributed by atoms with Gasteiger partial charge in [0.25, 0.3) is 11.5 Å². The second-order valence-corrected chi connectivity index (χ2v) is 5.68. The Morgan fingerprint density at radius 1 is 1.26 bits per heavy atom. The van der Waals surface area contributed by atoms with Crippen LogP contribution in [-0.4, -0.2) is 15.3 Å². The van der Waals surface area contributed by atoms with Gasteiger partial charge in [-0.1, -0.05) is 17.7 Å². The standard InChI is InChI=1S/C17H14ClN3O2/c1-10-6-7-21-15(8-10)19-9-12(17(21)23)16(22)20-14-5-3-4-13(18)11(14)2/h3-9H,1-2H3,(H,20,22). The molecule has 116 valence electrons. The first-order valence-corrected chi connectivity index (χ1v) is 7.39. The first-order chi connectivity index (χ1) is 11.0. The van der Waals surface area contributed by atoms with Gasteiger partial charge in [-0.05, 0) is 49.2 Å². The van der Waals surface area contributed by atoms with Gasteiger partial charge in [0.05, 0.1) is 0 Å². The number of fused-ring (bicyclic) bond motifs is 1. The molecule has 0 aliphatic rings. The summed E-state index contributed by atoms with van der Waals surface area (Å²) in [5.74, 6) is -0.511. The van der Waals surface area contributed by atoms with E-state index in [0.29, 0.717) is 16.4 Å². The molecule has 0 fully saturated rings. The molecule has 6 heteroatoms. The predicted molar refractivity (Wildman–Crippen MR) is 90.3 cm³/mol. The second-order valence-electron chi connectivity index (χ2n) is 5.28. The normalized spacial score (nSPS) is 10.7. The molecular weight excluding hydrogens is 314 g/mol. The van der Waals surface area contributed by atoms with E-state index in [2.05, 4.69) is 10.3 Å². The number of hydrogen-bond acceptors (Lipinski definition) is 3. The van der Waals surface area contributed by atoms with Crippen LogP contribution in [0.3, 0.4) is 0 Å². The molecule has 3 rings (SSSR count). The molecule has 2 aromatic heterocycles. The molecule has 0 unspecified atom stereocenters. The minimum Gasteiger partial charge on any atom is -0.321 e. The predicted octanol–water partition coefficient (Wildman–Crippen LogP) is 3.22. The SMILES string of the molecule is Cc1ccn2c(=O)c(C(=O)Nc3cccc(Cl)c3C)cnc2c1. The number of anilines is 1. The van der Waals surface area contributed by atoms with Gasteiger partial charge in [0.2, 0.25) is 0 Å². The molecule has 3 aromatic rings. The Kier molecular flexibility index (Phi) is 3.88. The van der Waals surface area contributed by atoms with Crippen molar-refractivity contribution in [2.75, 3.05) is 5.32 Å². The van der Waals surface area contributed by atoms with E-state index in [0.717, 1.165) is 11.1 Å². The zero-order valence-electron chi connectivity index (χ0n) is 12.6. The number of amides is 1. The lowest BCUT2D eigenvalue weighted by Gasteiger charge is -2.09. The average Bonchev–Trinajstić information content (AvgIpc) is 2.52. The lowest BCUT2D eigenvalue weighted by atomic mass is 10.2. The van der Waals surface area contributed by atoms with Crippen molar-refractivity contribution in [1.82, 2.24) is 9.38 Å². The highest BCUT2D eigenvalue weighted by atomic mass is 35.5. The smallest absolute Gasteiger partial charge is 0.270 e. The highest BCUT2D eigenvalue weighted by Gasteiger charge is 2.15. The number of carbonyl (C=O) groups excluding carboxylic acids is 1. The van der Waals surface area contributed by atoms with Crippen LogP contribution in [0.2, 0.25) is 5.02 Å². The molecule has 0 saturated heterocycles. The summed E-state index contributed by atoms with van der Waals surface area (Å²) >= 11 is 6.04. The maximum atomic E-state index is 12.5. The van der Waals surface area contributed by atoms with Crippen molar-refractivity contribution in [2.24, 2.45) is 0 Å². The van der Waals surface area contributed by atoms with Crippen LogP contribution in [0.15, 0.2) is 47.5 Å². The molecule has 0 aliphatic carbocycles. The Morgan fingerprint density at radius 2 is 2.04 bits per heavy atom. The van der Waals surface area contributed by atoms with Gasteiger partial charge in [-0.25, -0.2) is 4.98 Å². The van der Waals surface area contributed by atoms with Crippen molar-refractivity contribution in [3.63, 3.8) is 0 Å². The first-order valence-electron chi connectivity index (χ1n) is 7.02. The summed E-state index contributed by atoms with van der Waals surface area (Å²) < 4.78 is 1.35. The van der Waals surface area contributed by atoms with Crippen molar-refractivity contribution < 1.29 is 4.79 Å². The molecule has 0 bridgehead atoms. The fourth-order valence-electron chi connectivity index (χ4n) is 2.26. The summed E-state index contributed by atoms with van der Waals surface area (Å²) in [7, 11) is 0. The third kappa shape index (κ3) is 2.83. The number of aryl methyl sites for hydroxylation is 1. The molecule has 5 nitrogen and oxygen atoms in total. The van der Waals surface area contributed by atoms with E-state index < -0.39 is 11.5 Å². The minimum absolute atomic E-state index is 0.0225. The van der Waals surface area contributed by atoms with E-state index in [4.69, 9.17) is 11.6 Å². The van der Waals surface area contributed by atoms with Crippen LogP contribution in [0.5, 0.6) is 0 Å². The summed E-state index contributed by atoms with van der Waals surface area (Å²) in [5.41, 5.74) is 2.37. The highest BCUT2D eigenvalue weighted by Crippen LogP contribution is 2.23. The Hall–Kier alpha value is -2.66. The summed E-state index contributed by atoms with van der Waals surface area (Å²) in [6.45, 7) is 3.71. The van der Waals surface area contributed by atoms with Crippen LogP contribution in [0, 0.1) is 13.8 Å². The number of nitrogens with one attached hydrogen (secondary N) is 1. The fourth-order valence-corrected chi connectivity index (χ4v) is 2.44. The van der Waals surface area contributed by atoms with Crippen LogP contribution >= 0.6 is 11.6 Å². The Balaban J connectivity index is 2.01. The Morgan fingerprint density at radius 3 is 2.83 bits per heavy atom. The third-order valence-corrected chi connectivity index (χ3v) is 4.04. The van der Waals surface area contributed by atoms with Gasteiger partial charge in [-0.2, -0.15) is 0 Å². The number of nitrogens with zero attached hydrogens (tertiary/aromatic N) is 2. The number of carbonyl (C=O) groups is 1. The van der Waals surface area contributed by atoms with Gasteiger partial charge in [-0.15, -0.1) is 0 Å². The van der Waals surface area contributed by atoms with Crippen LogP contribution in [0.25, 0.3) is 5.65 Å². The van der Waals surface area contributed by atoms with Gasteiger partial charge in [0, 0.05) is 23.1 Å². The lowest BCUT2D eigenvalue weighted by molar-refractivity contribution is 0.102. The Labute approximate surface area is 137 Å². The number of hydrogen-bond donors (Lipinski definition) is 1. The zero-order chi connectivity index (χ0) is 16.6. The van der Waals surface area contributed by atoms with Gasteiger partial charge in [0.1, 0.15) is 11.2 Å². The molecule has 1 aromatic carbocycles. The van der Waals surface area contributed by atoms with E-state index in [1.54, 1.807) is 43.5 Å². The van der Waals surface area contributed by atoms with Gasteiger partial charge >= 0.3 is 0 Å². The zero-order valence-corrected chi connectivity index (χ0v) is 13.4. The lowest BCUT2D eigenvalue weighted by Crippen LogP contribution is -2.26. The summed E-state index contributed by atoms with van der Waals surface area (Å²) in [6, 6.07) is 8.78. The molecule has 0 radical (unpaired) electrons. The van der Waals surface area contributed by atoms with Crippen molar-refractivity contribution in [1.29, 1.82) is 0 Å². The van der Waals surface area contributed by atoms with Gasteiger partial charge in [-0.3, -0.25) is 14.0 Å². The monoisotopic (exact) mass is 327 g/mol. The number of pyridine rings is 1. The topological polar surface area (TPSA) is 63.5 Å². The van der Waals surface area contributed by atoms with Gasteiger partial charge < -0.3 is 5.32 Å².